The molecule has 94 valence electrons. The third-order valence-electron chi connectivity index (χ3n) is 4.10. The lowest BCUT2D eigenvalue weighted by Crippen LogP contribution is -2.15. The molecule has 0 bridgehead atoms. The minimum absolute atomic E-state index is 0.453. The highest BCUT2D eigenvalue weighted by atomic mass is 16.4. The second kappa shape index (κ2) is 4.16. The molecule has 0 aliphatic heterocycles. The predicted molar refractivity (Wildman–Crippen MR) is 70.9 cm³/mol. The van der Waals surface area contributed by atoms with E-state index in [-0.39, 0.29) is 0 Å². The van der Waals surface area contributed by atoms with E-state index in [0.717, 1.165) is 10.9 Å². The van der Waals surface area contributed by atoms with Crippen molar-refractivity contribution < 1.29 is 9.90 Å². The summed E-state index contributed by atoms with van der Waals surface area (Å²) >= 11 is 0. The van der Waals surface area contributed by atoms with Crippen molar-refractivity contribution >= 4 is 16.9 Å². The van der Waals surface area contributed by atoms with Crippen molar-refractivity contribution in [2.24, 2.45) is 0 Å². The minimum Gasteiger partial charge on any atom is -0.481 e. The first-order chi connectivity index (χ1) is 8.68. The molecule has 0 amide bonds. The molecule has 1 saturated carbocycles. The van der Waals surface area contributed by atoms with Crippen LogP contribution in [0, 0.1) is 0 Å². The van der Waals surface area contributed by atoms with E-state index in [1.807, 2.05) is 12.1 Å². The lowest BCUT2D eigenvalue weighted by Gasteiger charge is -2.28. The fourth-order valence-corrected chi connectivity index (χ4v) is 2.71. The molecule has 0 radical (unpaired) electrons. The summed E-state index contributed by atoms with van der Waals surface area (Å²) in [7, 11) is 0. The molecule has 1 aliphatic carbocycles. The number of aliphatic carboxylic acids is 1. The summed E-state index contributed by atoms with van der Waals surface area (Å²) in [6, 6.07) is 8.64. The van der Waals surface area contributed by atoms with Gasteiger partial charge in [0.05, 0.1) is 5.92 Å². The normalized spacial score (nSPS) is 17.6. The third-order valence-corrected chi connectivity index (χ3v) is 4.10. The molecule has 1 aliphatic rings. The summed E-state index contributed by atoms with van der Waals surface area (Å²) in [6.45, 7) is 1.75. The van der Waals surface area contributed by atoms with Crippen LogP contribution in [-0.2, 0) is 4.79 Å². The van der Waals surface area contributed by atoms with Crippen LogP contribution >= 0.6 is 0 Å². The first kappa shape index (κ1) is 11.3. The standard InChI is InChI=1S/C15H17NO2/c1-10(15(17)18)12-6-3-7-14-13(12)8-9-16(14)11-4-2-5-11/h3,6-11H,2,4-5H2,1H3,(H,17,18). The molecule has 1 aromatic heterocycles. The molecule has 0 spiro atoms. The van der Waals surface area contributed by atoms with Gasteiger partial charge in [0.25, 0.3) is 0 Å². The Morgan fingerprint density at radius 2 is 2.17 bits per heavy atom. The Kier molecular flexibility index (Phi) is 2.62. The summed E-state index contributed by atoms with van der Waals surface area (Å²) in [5.74, 6) is -1.22. The molecular weight excluding hydrogens is 226 g/mol. The van der Waals surface area contributed by atoms with Gasteiger partial charge >= 0.3 is 5.97 Å². The molecule has 1 heterocycles. The van der Waals surface area contributed by atoms with Crippen LogP contribution in [0.3, 0.4) is 0 Å². The zero-order valence-corrected chi connectivity index (χ0v) is 10.5. The fraction of sp³-hybridized carbons (Fsp3) is 0.400. The van der Waals surface area contributed by atoms with Gasteiger partial charge in [-0.1, -0.05) is 12.1 Å². The number of hydrogen-bond donors (Lipinski definition) is 1. The molecular formula is C15H17NO2. The Morgan fingerprint density at radius 3 is 2.78 bits per heavy atom. The lowest BCUT2D eigenvalue weighted by atomic mass is 9.92. The molecule has 0 saturated heterocycles. The van der Waals surface area contributed by atoms with Gasteiger partial charge in [0.15, 0.2) is 0 Å². The third kappa shape index (κ3) is 1.62. The van der Waals surface area contributed by atoms with Crippen LogP contribution < -0.4 is 0 Å². The molecule has 3 heteroatoms. The number of carboxylic acids is 1. The van der Waals surface area contributed by atoms with Gasteiger partial charge in [0.2, 0.25) is 0 Å². The Labute approximate surface area is 106 Å². The van der Waals surface area contributed by atoms with Crippen LogP contribution in [0.5, 0.6) is 0 Å². The van der Waals surface area contributed by atoms with Gasteiger partial charge in [0, 0.05) is 23.1 Å². The van der Waals surface area contributed by atoms with Crippen molar-refractivity contribution in [1.82, 2.24) is 4.57 Å². The van der Waals surface area contributed by atoms with E-state index in [0.29, 0.717) is 6.04 Å². The maximum Gasteiger partial charge on any atom is 0.310 e. The molecule has 2 aromatic rings. The van der Waals surface area contributed by atoms with Crippen LogP contribution in [0.25, 0.3) is 10.9 Å². The Balaban J connectivity index is 2.11. The van der Waals surface area contributed by atoms with Crippen LogP contribution in [-0.4, -0.2) is 15.6 Å². The van der Waals surface area contributed by atoms with E-state index in [1.165, 1.54) is 24.8 Å². The van der Waals surface area contributed by atoms with Gasteiger partial charge in [0.1, 0.15) is 0 Å². The van der Waals surface area contributed by atoms with Crippen molar-refractivity contribution in [1.29, 1.82) is 0 Å². The summed E-state index contributed by atoms with van der Waals surface area (Å²) < 4.78 is 2.30. The van der Waals surface area contributed by atoms with Crippen molar-refractivity contribution in [3.05, 3.63) is 36.0 Å². The second-order valence-corrected chi connectivity index (χ2v) is 5.15. The van der Waals surface area contributed by atoms with Crippen molar-refractivity contribution in [3.8, 4) is 0 Å². The highest BCUT2D eigenvalue weighted by molar-refractivity contribution is 5.89. The SMILES string of the molecule is CC(C(=O)O)c1cccc2c1ccn2C1CCC1. The lowest BCUT2D eigenvalue weighted by molar-refractivity contribution is -0.138. The fourth-order valence-electron chi connectivity index (χ4n) is 2.71. The summed E-state index contributed by atoms with van der Waals surface area (Å²) in [5.41, 5.74) is 2.09. The number of nitrogens with zero attached hydrogens (tertiary/aromatic N) is 1. The molecule has 1 atom stereocenters. The van der Waals surface area contributed by atoms with Gasteiger partial charge in [-0.05, 0) is 43.9 Å². The molecule has 1 aromatic carbocycles. The summed E-state index contributed by atoms with van der Waals surface area (Å²) in [6.07, 6.45) is 5.88. The highest BCUT2D eigenvalue weighted by Crippen LogP contribution is 2.36. The maximum atomic E-state index is 11.1. The topological polar surface area (TPSA) is 42.2 Å². The van der Waals surface area contributed by atoms with Crippen LogP contribution in [0.1, 0.15) is 43.7 Å². The van der Waals surface area contributed by atoms with E-state index in [9.17, 15) is 4.79 Å². The molecule has 1 unspecified atom stereocenters. The highest BCUT2D eigenvalue weighted by Gasteiger charge is 2.22. The van der Waals surface area contributed by atoms with Crippen LogP contribution in [0.2, 0.25) is 0 Å². The quantitative estimate of drug-likeness (QED) is 0.895. The van der Waals surface area contributed by atoms with Crippen molar-refractivity contribution in [2.75, 3.05) is 0 Å². The van der Waals surface area contributed by atoms with Gasteiger partial charge < -0.3 is 9.67 Å². The Bertz CT molecular complexity index is 596. The smallest absolute Gasteiger partial charge is 0.310 e. The molecule has 1 N–H and O–H groups in total. The molecule has 18 heavy (non-hydrogen) atoms. The van der Waals surface area contributed by atoms with Gasteiger partial charge in [-0.2, -0.15) is 0 Å². The summed E-state index contributed by atoms with van der Waals surface area (Å²) in [4.78, 5) is 11.1. The number of carbonyl (C=O) groups is 1. The minimum atomic E-state index is -0.765. The first-order valence-electron chi connectivity index (χ1n) is 6.50. The Hall–Kier alpha value is -1.77. The number of carboxylic acid groups (broad SMARTS) is 1. The monoisotopic (exact) mass is 243 g/mol. The second-order valence-electron chi connectivity index (χ2n) is 5.15. The average molecular weight is 243 g/mol. The van der Waals surface area contributed by atoms with E-state index in [2.05, 4.69) is 22.9 Å². The van der Waals surface area contributed by atoms with Crippen LogP contribution in [0.4, 0.5) is 0 Å². The number of benzene rings is 1. The maximum absolute atomic E-state index is 11.1. The van der Waals surface area contributed by atoms with Gasteiger partial charge in [-0.3, -0.25) is 4.79 Å². The van der Waals surface area contributed by atoms with Crippen LogP contribution in [0.15, 0.2) is 30.5 Å². The van der Waals surface area contributed by atoms with Crippen molar-refractivity contribution in [3.63, 3.8) is 0 Å². The molecule has 1 fully saturated rings. The van der Waals surface area contributed by atoms with E-state index >= 15 is 0 Å². The van der Waals surface area contributed by atoms with E-state index in [4.69, 9.17) is 5.11 Å². The van der Waals surface area contributed by atoms with E-state index in [1.54, 1.807) is 6.92 Å². The first-order valence-corrected chi connectivity index (χ1v) is 6.50. The van der Waals surface area contributed by atoms with E-state index < -0.39 is 11.9 Å². The van der Waals surface area contributed by atoms with Gasteiger partial charge in [-0.25, -0.2) is 0 Å². The predicted octanol–water partition coefficient (Wildman–Crippen LogP) is 3.55. The Morgan fingerprint density at radius 1 is 1.39 bits per heavy atom. The van der Waals surface area contributed by atoms with Crippen molar-refractivity contribution in [2.45, 2.75) is 38.1 Å². The number of hydrogen-bond acceptors (Lipinski definition) is 1. The average Bonchev–Trinajstić information content (AvgIpc) is 2.70. The number of rotatable bonds is 3. The summed E-state index contributed by atoms with van der Waals surface area (Å²) in [5, 5.41) is 10.2. The molecule has 3 rings (SSSR count). The zero-order chi connectivity index (χ0) is 12.7. The zero-order valence-electron chi connectivity index (χ0n) is 10.5. The number of aromatic nitrogens is 1. The van der Waals surface area contributed by atoms with Gasteiger partial charge in [-0.15, -0.1) is 0 Å². The molecule has 3 nitrogen and oxygen atoms in total. The number of fused-ring (bicyclic) bond motifs is 1. The largest absolute Gasteiger partial charge is 0.481 e.